The Hall–Kier alpha value is -1.85. The van der Waals surface area contributed by atoms with Crippen LogP contribution in [0.25, 0.3) is 0 Å². The first kappa shape index (κ1) is 13.1. The summed E-state index contributed by atoms with van der Waals surface area (Å²) >= 11 is 0. The standard InChI is InChI=1S/C14H20N4O2/c1-2-17-6-5-15-12(17)8-16-14(20)10-7-13(19)18(9-10)11-3-4-11/h5-6,10-11H,2-4,7-9H2,1H3,(H,16,20). The van der Waals surface area contributed by atoms with Crippen molar-refractivity contribution in [1.29, 1.82) is 0 Å². The van der Waals surface area contributed by atoms with E-state index in [0.29, 0.717) is 25.6 Å². The van der Waals surface area contributed by atoms with Crippen LogP contribution in [-0.2, 0) is 22.7 Å². The predicted octanol–water partition coefficient (Wildman–Crippen LogP) is 0.530. The molecular formula is C14H20N4O2. The molecule has 1 unspecified atom stereocenters. The summed E-state index contributed by atoms with van der Waals surface area (Å²) in [6.45, 7) is 3.88. The number of nitrogens with one attached hydrogen (secondary N) is 1. The van der Waals surface area contributed by atoms with Crippen molar-refractivity contribution in [2.75, 3.05) is 6.54 Å². The Bertz CT molecular complexity index is 521. The molecule has 1 aromatic rings. The van der Waals surface area contributed by atoms with Gasteiger partial charge in [-0.05, 0) is 19.8 Å². The first-order valence-electron chi connectivity index (χ1n) is 7.26. The first-order chi connectivity index (χ1) is 9.69. The minimum absolute atomic E-state index is 0.0350. The van der Waals surface area contributed by atoms with Crippen LogP contribution in [0.2, 0.25) is 0 Å². The largest absolute Gasteiger partial charge is 0.349 e. The smallest absolute Gasteiger partial charge is 0.225 e. The van der Waals surface area contributed by atoms with Gasteiger partial charge < -0.3 is 14.8 Å². The van der Waals surface area contributed by atoms with E-state index in [0.717, 1.165) is 25.2 Å². The normalized spacial score (nSPS) is 22.4. The number of likely N-dealkylation sites (tertiary alicyclic amines) is 1. The van der Waals surface area contributed by atoms with Crippen molar-refractivity contribution in [3.8, 4) is 0 Å². The summed E-state index contributed by atoms with van der Waals surface area (Å²) in [5, 5.41) is 2.90. The Labute approximate surface area is 118 Å². The zero-order chi connectivity index (χ0) is 14.1. The molecule has 0 radical (unpaired) electrons. The van der Waals surface area contributed by atoms with Gasteiger partial charge in [0.15, 0.2) is 0 Å². The molecule has 0 spiro atoms. The molecule has 2 fully saturated rings. The Morgan fingerprint density at radius 3 is 3.00 bits per heavy atom. The maximum atomic E-state index is 12.1. The second kappa shape index (κ2) is 5.26. The molecule has 1 saturated carbocycles. The molecule has 0 aromatic carbocycles. The number of amides is 2. The molecule has 0 bridgehead atoms. The molecule has 1 aromatic heterocycles. The molecule has 6 heteroatoms. The molecule has 1 N–H and O–H groups in total. The van der Waals surface area contributed by atoms with Crippen molar-refractivity contribution in [3.05, 3.63) is 18.2 Å². The summed E-state index contributed by atoms with van der Waals surface area (Å²) in [5.74, 6) is 0.743. The predicted molar refractivity (Wildman–Crippen MR) is 72.6 cm³/mol. The zero-order valence-corrected chi connectivity index (χ0v) is 11.7. The number of aromatic nitrogens is 2. The molecule has 108 valence electrons. The summed E-state index contributed by atoms with van der Waals surface area (Å²) in [7, 11) is 0. The van der Waals surface area contributed by atoms with Crippen LogP contribution >= 0.6 is 0 Å². The van der Waals surface area contributed by atoms with E-state index in [4.69, 9.17) is 0 Å². The van der Waals surface area contributed by atoms with Crippen molar-refractivity contribution in [2.24, 2.45) is 5.92 Å². The van der Waals surface area contributed by atoms with Crippen molar-refractivity contribution < 1.29 is 9.59 Å². The van der Waals surface area contributed by atoms with Crippen LogP contribution in [0.3, 0.4) is 0 Å². The summed E-state index contributed by atoms with van der Waals surface area (Å²) in [5.41, 5.74) is 0. The lowest BCUT2D eigenvalue weighted by atomic mass is 10.1. The lowest BCUT2D eigenvalue weighted by Gasteiger charge is -2.15. The van der Waals surface area contributed by atoms with Crippen LogP contribution in [0.1, 0.15) is 32.0 Å². The third kappa shape index (κ3) is 2.55. The second-order valence-electron chi connectivity index (χ2n) is 5.53. The van der Waals surface area contributed by atoms with Gasteiger partial charge in [-0.2, -0.15) is 0 Å². The highest BCUT2D eigenvalue weighted by Gasteiger charge is 2.41. The molecule has 2 amide bonds. The number of nitrogens with zero attached hydrogens (tertiary/aromatic N) is 3. The van der Waals surface area contributed by atoms with E-state index in [-0.39, 0.29) is 17.7 Å². The van der Waals surface area contributed by atoms with Gasteiger partial charge in [0.05, 0.1) is 12.5 Å². The molecule has 6 nitrogen and oxygen atoms in total. The average Bonchev–Trinajstić information content (AvgIpc) is 3.05. The maximum absolute atomic E-state index is 12.1. The van der Waals surface area contributed by atoms with Crippen LogP contribution in [0, 0.1) is 5.92 Å². The minimum atomic E-state index is -0.201. The highest BCUT2D eigenvalue weighted by molar-refractivity contribution is 5.89. The third-order valence-corrected chi connectivity index (χ3v) is 4.08. The summed E-state index contributed by atoms with van der Waals surface area (Å²) in [4.78, 5) is 30.1. The second-order valence-corrected chi connectivity index (χ2v) is 5.53. The summed E-state index contributed by atoms with van der Waals surface area (Å²) in [6, 6.07) is 0.402. The van der Waals surface area contributed by atoms with E-state index in [1.165, 1.54) is 0 Å². The number of carbonyl (C=O) groups excluding carboxylic acids is 2. The quantitative estimate of drug-likeness (QED) is 0.853. The molecule has 1 saturated heterocycles. The van der Waals surface area contributed by atoms with Gasteiger partial charge in [0.1, 0.15) is 5.82 Å². The van der Waals surface area contributed by atoms with E-state index in [9.17, 15) is 9.59 Å². The van der Waals surface area contributed by atoms with Gasteiger partial charge >= 0.3 is 0 Å². The van der Waals surface area contributed by atoms with Gasteiger partial charge in [-0.1, -0.05) is 0 Å². The molecule has 1 atom stereocenters. The Morgan fingerprint density at radius 1 is 1.50 bits per heavy atom. The topological polar surface area (TPSA) is 67.2 Å². The van der Waals surface area contributed by atoms with Gasteiger partial charge in [-0.3, -0.25) is 9.59 Å². The van der Waals surface area contributed by atoms with E-state index in [1.807, 2.05) is 22.6 Å². The molecule has 20 heavy (non-hydrogen) atoms. The molecule has 1 aliphatic carbocycles. The summed E-state index contributed by atoms with van der Waals surface area (Å²) in [6.07, 6.45) is 6.17. The number of aryl methyl sites for hydroxylation is 1. The Balaban J connectivity index is 1.53. The fourth-order valence-corrected chi connectivity index (χ4v) is 2.75. The molecular weight excluding hydrogens is 256 g/mol. The van der Waals surface area contributed by atoms with Crippen molar-refractivity contribution in [2.45, 2.75) is 45.3 Å². The first-order valence-corrected chi connectivity index (χ1v) is 7.26. The number of rotatable bonds is 5. The van der Waals surface area contributed by atoms with E-state index < -0.39 is 0 Å². The van der Waals surface area contributed by atoms with Gasteiger partial charge in [0.2, 0.25) is 11.8 Å². The highest BCUT2D eigenvalue weighted by atomic mass is 16.2. The number of hydrogen-bond acceptors (Lipinski definition) is 3. The minimum Gasteiger partial charge on any atom is -0.349 e. The van der Waals surface area contributed by atoms with E-state index in [2.05, 4.69) is 10.3 Å². The molecule has 2 aliphatic rings. The number of imidazole rings is 1. The highest BCUT2D eigenvalue weighted by Crippen LogP contribution is 2.32. The van der Waals surface area contributed by atoms with Crippen molar-refractivity contribution in [1.82, 2.24) is 19.8 Å². The molecule has 3 rings (SSSR count). The fourth-order valence-electron chi connectivity index (χ4n) is 2.75. The van der Waals surface area contributed by atoms with Crippen LogP contribution in [0.5, 0.6) is 0 Å². The van der Waals surface area contributed by atoms with E-state index >= 15 is 0 Å². The van der Waals surface area contributed by atoms with Crippen LogP contribution in [0.4, 0.5) is 0 Å². The lowest BCUT2D eigenvalue weighted by Crippen LogP contribution is -2.33. The maximum Gasteiger partial charge on any atom is 0.225 e. The van der Waals surface area contributed by atoms with Gasteiger partial charge in [0.25, 0.3) is 0 Å². The monoisotopic (exact) mass is 276 g/mol. The van der Waals surface area contributed by atoms with Crippen LogP contribution in [0.15, 0.2) is 12.4 Å². The van der Waals surface area contributed by atoms with Crippen LogP contribution in [-0.4, -0.2) is 38.9 Å². The average molecular weight is 276 g/mol. The Kier molecular flexibility index (Phi) is 3.46. The molecule has 2 heterocycles. The number of carbonyl (C=O) groups is 2. The lowest BCUT2D eigenvalue weighted by molar-refractivity contribution is -0.129. The fraction of sp³-hybridized carbons (Fsp3) is 0.643. The van der Waals surface area contributed by atoms with Crippen molar-refractivity contribution in [3.63, 3.8) is 0 Å². The Morgan fingerprint density at radius 2 is 2.30 bits per heavy atom. The number of hydrogen-bond donors (Lipinski definition) is 1. The third-order valence-electron chi connectivity index (χ3n) is 4.08. The summed E-state index contributed by atoms with van der Waals surface area (Å²) < 4.78 is 2.00. The molecule has 1 aliphatic heterocycles. The van der Waals surface area contributed by atoms with Crippen molar-refractivity contribution >= 4 is 11.8 Å². The van der Waals surface area contributed by atoms with Gasteiger partial charge in [-0.25, -0.2) is 4.98 Å². The van der Waals surface area contributed by atoms with Gasteiger partial charge in [-0.15, -0.1) is 0 Å². The SMILES string of the molecule is CCn1ccnc1CNC(=O)C1CC(=O)N(C2CC2)C1. The van der Waals surface area contributed by atoms with E-state index in [1.54, 1.807) is 6.20 Å². The zero-order valence-electron chi connectivity index (χ0n) is 11.7. The van der Waals surface area contributed by atoms with Crippen LogP contribution < -0.4 is 5.32 Å². The van der Waals surface area contributed by atoms with Gasteiger partial charge in [0, 0.05) is 37.9 Å².